The predicted octanol–water partition coefficient (Wildman–Crippen LogP) is 2.13. The van der Waals surface area contributed by atoms with Gasteiger partial charge in [0, 0.05) is 0 Å². The van der Waals surface area contributed by atoms with Gasteiger partial charge in [-0.3, -0.25) is 4.79 Å². The van der Waals surface area contributed by atoms with Crippen LogP contribution in [0.3, 0.4) is 0 Å². The summed E-state index contributed by atoms with van der Waals surface area (Å²) in [6, 6.07) is 4.22. The lowest BCUT2D eigenvalue weighted by Gasteiger charge is -2.18. The van der Waals surface area contributed by atoms with E-state index >= 15 is 0 Å². The van der Waals surface area contributed by atoms with Crippen LogP contribution in [0.1, 0.15) is 19.8 Å². The molecule has 6 heteroatoms. The molecule has 0 aliphatic carbocycles. The van der Waals surface area contributed by atoms with Gasteiger partial charge in [0.05, 0.1) is 0 Å². The summed E-state index contributed by atoms with van der Waals surface area (Å²) in [6.45, 7) is 5.00. The van der Waals surface area contributed by atoms with E-state index in [-0.39, 0.29) is 6.42 Å². The largest absolute Gasteiger partial charge is 0.481 e. The molecule has 5 nitrogen and oxygen atoms in total. The Balaban J connectivity index is 2.58. The van der Waals surface area contributed by atoms with E-state index in [9.17, 15) is 14.0 Å². The molecule has 0 spiro atoms. The van der Waals surface area contributed by atoms with Gasteiger partial charge >= 0.3 is 5.97 Å². The van der Waals surface area contributed by atoms with Crippen LogP contribution < -0.4 is 10.1 Å². The number of benzene rings is 1. The number of ether oxygens (including phenoxy) is 1. The summed E-state index contributed by atoms with van der Waals surface area (Å²) in [5, 5.41) is 11.4. The summed E-state index contributed by atoms with van der Waals surface area (Å²) in [4.78, 5) is 22.9. The molecule has 0 saturated heterocycles. The molecule has 0 fully saturated rings. The predicted molar refractivity (Wildman–Crippen MR) is 75.5 cm³/mol. The molecule has 114 valence electrons. The van der Waals surface area contributed by atoms with E-state index in [1.807, 2.05) is 0 Å². The van der Waals surface area contributed by atoms with Gasteiger partial charge in [-0.05, 0) is 44.0 Å². The van der Waals surface area contributed by atoms with E-state index < -0.39 is 29.8 Å². The molecule has 1 rings (SSSR count). The third-order valence-electron chi connectivity index (χ3n) is 2.77. The molecule has 0 aliphatic heterocycles. The highest BCUT2D eigenvalue weighted by atomic mass is 19.1. The van der Waals surface area contributed by atoms with Crippen molar-refractivity contribution in [1.82, 2.24) is 5.32 Å². The number of nitrogens with one attached hydrogen (secondary N) is 1. The van der Waals surface area contributed by atoms with E-state index in [4.69, 9.17) is 9.84 Å². The highest BCUT2D eigenvalue weighted by molar-refractivity contribution is 5.86. The average Bonchev–Trinajstić information content (AvgIpc) is 2.45. The van der Waals surface area contributed by atoms with Crippen molar-refractivity contribution < 1.29 is 23.8 Å². The van der Waals surface area contributed by atoms with Crippen LogP contribution in [0.15, 0.2) is 36.9 Å². The summed E-state index contributed by atoms with van der Waals surface area (Å²) >= 11 is 0. The summed E-state index contributed by atoms with van der Waals surface area (Å²) in [7, 11) is 0. The lowest BCUT2D eigenvalue weighted by molar-refractivity contribution is -0.143. The van der Waals surface area contributed by atoms with Crippen molar-refractivity contribution in [3.8, 4) is 5.75 Å². The van der Waals surface area contributed by atoms with E-state index in [0.29, 0.717) is 12.2 Å². The van der Waals surface area contributed by atoms with Gasteiger partial charge in [0.2, 0.25) is 0 Å². The molecule has 2 unspecified atom stereocenters. The molecular formula is C15H18FNO4. The van der Waals surface area contributed by atoms with Gasteiger partial charge in [-0.1, -0.05) is 6.08 Å². The molecule has 2 atom stereocenters. The van der Waals surface area contributed by atoms with Crippen LogP contribution >= 0.6 is 0 Å². The van der Waals surface area contributed by atoms with Gasteiger partial charge in [-0.25, -0.2) is 9.18 Å². The highest BCUT2D eigenvalue weighted by Crippen LogP contribution is 2.13. The van der Waals surface area contributed by atoms with E-state index in [1.165, 1.54) is 31.2 Å². The molecule has 0 radical (unpaired) electrons. The van der Waals surface area contributed by atoms with Crippen molar-refractivity contribution in [2.75, 3.05) is 0 Å². The fourth-order valence-corrected chi connectivity index (χ4v) is 1.60. The molecule has 0 aromatic heterocycles. The van der Waals surface area contributed by atoms with Gasteiger partial charge in [0.15, 0.2) is 6.10 Å². The van der Waals surface area contributed by atoms with Crippen molar-refractivity contribution >= 4 is 11.9 Å². The quantitative estimate of drug-likeness (QED) is 0.720. The average molecular weight is 295 g/mol. The van der Waals surface area contributed by atoms with Crippen molar-refractivity contribution in [2.45, 2.75) is 31.9 Å². The lowest BCUT2D eigenvalue weighted by atomic mass is 10.1. The van der Waals surface area contributed by atoms with Crippen LogP contribution in [0.5, 0.6) is 5.75 Å². The minimum absolute atomic E-state index is 0.258. The van der Waals surface area contributed by atoms with Crippen LogP contribution in [0.4, 0.5) is 4.39 Å². The van der Waals surface area contributed by atoms with Crippen molar-refractivity contribution in [2.24, 2.45) is 0 Å². The maximum absolute atomic E-state index is 12.8. The van der Waals surface area contributed by atoms with E-state index in [1.54, 1.807) is 6.08 Å². The maximum Gasteiger partial charge on any atom is 0.326 e. The van der Waals surface area contributed by atoms with E-state index in [2.05, 4.69) is 11.9 Å². The number of allylic oxidation sites excluding steroid dienone is 1. The summed E-state index contributed by atoms with van der Waals surface area (Å²) < 4.78 is 18.1. The van der Waals surface area contributed by atoms with Gasteiger partial charge in [0.1, 0.15) is 17.6 Å². The Hall–Kier alpha value is -2.37. The monoisotopic (exact) mass is 295 g/mol. The standard InChI is InChI=1S/C15H18FNO4/c1-3-4-5-13(15(19)20)17-14(18)10(2)21-12-8-6-11(16)7-9-12/h3,6-10,13H,1,4-5H2,2H3,(H,17,18)(H,19,20). The first-order valence-electron chi connectivity index (χ1n) is 6.50. The van der Waals surface area contributed by atoms with Gasteiger partial charge in [-0.2, -0.15) is 0 Å². The maximum atomic E-state index is 12.8. The Morgan fingerprint density at radius 2 is 2.05 bits per heavy atom. The minimum atomic E-state index is -1.11. The van der Waals surface area contributed by atoms with Gasteiger partial charge in [-0.15, -0.1) is 6.58 Å². The topological polar surface area (TPSA) is 75.6 Å². The summed E-state index contributed by atoms with van der Waals surface area (Å²) in [6.07, 6.45) is 1.43. The first kappa shape index (κ1) is 16.7. The number of halogens is 1. The number of carbonyl (C=O) groups is 2. The molecule has 0 aliphatic rings. The van der Waals surface area contributed by atoms with Crippen LogP contribution in [0.25, 0.3) is 0 Å². The Bertz CT molecular complexity index is 501. The number of rotatable bonds is 8. The fraction of sp³-hybridized carbons (Fsp3) is 0.333. The molecule has 0 saturated carbocycles. The lowest BCUT2D eigenvalue weighted by Crippen LogP contribution is -2.46. The molecule has 21 heavy (non-hydrogen) atoms. The normalized spacial score (nSPS) is 13.0. The molecule has 2 N–H and O–H groups in total. The molecule has 1 aromatic rings. The molecule has 1 amide bonds. The zero-order chi connectivity index (χ0) is 15.8. The van der Waals surface area contributed by atoms with Crippen molar-refractivity contribution in [1.29, 1.82) is 0 Å². The first-order chi connectivity index (χ1) is 9.93. The SMILES string of the molecule is C=CCCC(NC(=O)C(C)Oc1ccc(F)cc1)C(=O)O. The number of carbonyl (C=O) groups excluding carboxylic acids is 1. The first-order valence-corrected chi connectivity index (χ1v) is 6.50. The van der Waals surface area contributed by atoms with Gasteiger partial charge in [0.25, 0.3) is 5.91 Å². The Morgan fingerprint density at radius 1 is 1.43 bits per heavy atom. The summed E-state index contributed by atoms with van der Waals surface area (Å²) in [5.41, 5.74) is 0. The fourth-order valence-electron chi connectivity index (χ4n) is 1.60. The van der Waals surface area contributed by atoms with Crippen molar-refractivity contribution in [3.63, 3.8) is 0 Å². The second-order valence-corrected chi connectivity index (χ2v) is 4.48. The zero-order valence-electron chi connectivity index (χ0n) is 11.7. The zero-order valence-corrected chi connectivity index (χ0v) is 11.7. The number of carboxylic acid groups (broad SMARTS) is 1. The second-order valence-electron chi connectivity index (χ2n) is 4.48. The Labute approximate surface area is 122 Å². The minimum Gasteiger partial charge on any atom is -0.481 e. The van der Waals surface area contributed by atoms with Crippen LogP contribution in [0, 0.1) is 5.82 Å². The summed E-state index contributed by atoms with van der Waals surface area (Å²) in [5.74, 6) is -1.73. The van der Waals surface area contributed by atoms with Crippen LogP contribution in [0.2, 0.25) is 0 Å². The van der Waals surface area contributed by atoms with Gasteiger partial charge < -0.3 is 15.2 Å². The molecular weight excluding hydrogens is 277 g/mol. The number of hydrogen-bond donors (Lipinski definition) is 2. The van der Waals surface area contributed by atoms with Crippen LogP contribution in [-0.2, 0) is 9.59 Å². The molecule has 0 heterocycles. The Morgan fingerprint density at radius 3 is 2.57 bits per heavy atom. The third-order valence-corrected chi connectivity index (χ3v) is 2.77. The number of carboxylic acids is 1. The number of aliphatic carboxylic acids is 1. The second kappa shape index (κ2) is 8.04. The van der Waals surface area contributed by atoms with Crippen molar-refractivity contribution in [3.05, 3.63) is 42.7 Å². The smallest absolute Gasteiger partial charge is 0.326 e. The molecule has 0 bridgehead atoms. The van der Waals surface area contributed by atoms with E-state index in [0.717, 1.165) is 0 Å². The number of amides is 1. The number of hydrogen-bond acceptors (Lipinski definition) is 3. The highest BCUT2D eigenvalue weighted by Gasteiger charge is 2.23. The van der Waals surface area contributed by atoms with Crippen LogP contribution in [-0.4, -0.2) is 29.1 Å². The Kier molecular flexibility index (Phi) is 6.39. The third kappa shape index (κ3) is 5.64. The molecule has 1 aromatic carbocycles.